The molecule has 0 bridgehead atoms. The minimum atomic E-state index is -0.240. The number of aromatic nitrogens is 4. The van der Waals surface area contributed by atoms with E-state index in [2.05, 4.69) is 256 Å². The van der Waals surface area contributed by atoms with E-state index in [4.69, 9.17) is 9.72 Å². The first-order valence-electron chi connectivity index (χ1n) is 23.6. The molecule has 0 aliphatic heterocycles. The van der Waals surface area contributed by atoms with Crippen LogP contribution in [0.25, 0.3) is 39.0 Å². The molecule has 9 aromatic rings. The Kier molecular flexibility index (Phi) is 12.7. The van der Waals surface area contributed by atoms with Gasteiger partial charge in [0.2, 0.25) is 0 Å². The Labute approximate surface area is 419 Å². The van der Waals surface area contributed by atoms with Crippen molar-refractivity contribution in [2.45, 2.75) is 117 Å². The van der Waals surface area contributed by atoms with Crippen molar-refractivity contribution >= 4 is 21.8 Å². The zero-order valence-electron chi connectivity index (χ0n) is 41.9. The fraction of sp³-hybridized carbons (Fsp3) is 0.290. The Morgan fingerprint density at radius 2 is 1.15 bits per heavy atom. The monoisotopic (exact) mass is 1080 g/mol. The van der Waals surface area contributed by atoms with E-state index in [9.17, 15) is 0 Å². The Morgan fingerprint density at radius 3 is 1.78 bits per heavy atom. The molecule has 0 N–H and O–H groups in total. The van der Waals surface area contributed by atoms with Crippen molar-refractivity contribution < 1.29 is 30.4 Å². The number of benzene rings is 6. The van der Waals surface area contributed by atoms with Gasteiger partial charge in [-0.1, -0.05) is 186 Å². The van der Waals surface area contributed by atoms with Gasteiger partial charge < -0.3 is 13.9 Å². The maximum Gasteiger partial charge on any atom is 0.267 e. The second kappa shape index (κ2) is 17.8. The molecule has 0 amide bonds. The fourth-order valence-electron chi connectivity index (χ4n) is 9.35. The van der Waals surface area contributed by atoms with Crippen molar-refractivity contribution in [2.75, 3.05) is 0 Å². The Balaban J connectivity index is 0.00000625. The first kappa shape index (κ1) is 48.4. The summed E-state index contributed by atoms with van der Waals surface area (Å²) in [6.45, 7) is 29.6. The quantitative estimate of drug-likeness (QED) is 0.107. The molecular weight excluding hydrogens is 1010 g/mol. The van der Waals surface area contributed by atoms with Gasteiger partial charge in [0.15, 0.2) is 0 Å². The summed E-state index contributed by atoms with van der Waals surface area (Å²) in [5.41, 5.74) is 11.5. The number of imidazole rings is 1. The molecule has 68 heavy (non-hydrogen) atoms. The van der Waals surface area contributed by atoms with Crippen molar-refractivity contribution in [3.8, 4) is 28.7 Å². The molecule has 5 nitrogen and oxygen atoms in total. The van der Waals surface area contributed by atoms with Crippen LogP contribution in [0.2, 0.25) is 0 Å². The molecule has 3 aromatic heterocycles. The maximum absolute atomic E-state index is 6.87. The van der Waals surface area contributed by atoms with Gasteiger partial charge in [-0.05, 0) is 85.5 Å². The summed E-state index contributed by atoms with van der Waals surface area (Å²) in [6.07, 6.45) is 7.88. The molecule has 6 aromatic carbocycles. The van der Waals surface area contributed by atoms with E-state index in [-0.39, 0.29) is 48.1 Å². The van der Waals surface area contributed by atoms with Gasteiger partial charge in [-0.25, -0.2) is 4.98 Å². The molecule has 6 heteroatoms. The third-order valence-electron chi connectivity index (χ3n) is 13.6. The van der Waals surface area contributed by atoms with E-state index in [0.29, 0.717) is 11.5 Å². The second-order valence-electron chi connectivity index (χ2n) is 22.3. The van der Waals surface area contributed by atoms with Gasteiger partial charge in [-0.15, -0.1) is 29.8 Å². The first-order valence-corrected chi connectivity index (χ1v) is 23.6. The largest absolute Gasteiger partial charge is 0.510 e. The molecule has 0 aliphatic rings. The molecule has 0 saturated heterocycles. The maximum atomic E-state index is 6.87. The van der Waals surface area contributed by atoms with Crippen LogP contribution in [0.1, 0.15) is 129 Å². The minimum Gasteiger partial charge on any atom is -0.510 e. The molecule has 0 saturated carbocycles. The van der Waals surface area contributed by atoms with E-state index in [0.717, 1.165) is 44.7 Å². The normalized spacial score (nSPS) is 12.7. The number of rotatable bonds is 9. The number of nitrogens with zero attached hydrogens (tertiary/aromatic N) is 4. The van der Waals surface area contributed by atoms with Gasteiger partial charge in [-0.2, -0.15) is 12.1 Å². The van der Waals surface area contributed by atoms with Crippen LogP contribution >= 0.6 is 0 Å². The molecule has 0 spiro atoms. The van der Waals surface area contributed by atoms with Crippen LogP contribution in [0.5, 0.6) is 11.5 Å². The number of pyridine rings is 1. The summed E-state index contributed by atoms with van der Waals surface area (Å²) in [5.74, 6) is 2.04. The Hall–Kier alpha value is -6.03. The SMILES string of the molecule is CC(C)(C)c1cc(-[n+]2[c-]n(-c3[c-]c(Oc4[c-]c5c(c(C(C)(C)C)c4)c4ccccc4n5-c4cc(C(C)(C)c5ccccc5)ccn4)ccc3)cc2C(C)(C)C)cc(C(C)(C)c2ccccc2)c1.[Pt]. The molecule has 350 valence electrons. The van der Waals surface area contributed by atoms with Crippen LogP contribution < -0.4 is 9.30 Å². The number of hydrogen-bond acceptors (Lipinski definition) is 2. The third kappa shape index (κ3) is 9.15. The summed E-state index contributed by atoms with van der Waals surface area (Å²) in [6, 6.07) is 57.1. The van der Waals surface area contributed by atoms with Gasteiger partial charge in [0.05, 0.1) is 11.4 Å². The van der Waals surface area contributed by atoms with Crippen LogP contribution in [0.4, 0.5) is 0 Å². The van der Waals surface area contributed by atoms with Crippen molar-refractivity contribution in [1.82, 2.24) is 14.1 Å². The smallest absolute Gasteiger partial charge is 0.267 e. The van der Waals surface area contributed by atoms with Gasteiger partial charge in [0.25, 0.3) is 6.33 Å². The molecule has 0 unspecified atom stereocenters. The van der Waals surface area contributed by atoms with Crippen LogP contribution in [0.3, 0.4) is 0 Å². The van der Waals surface area contributed by atoms with Gasteiger partial charge in [0, 0.05) is 61.3 Å². The van der Waals surface area contributed by atoms with Crippen LogP contribution in [0, 0.1) is 18.5 Å². The van der Waals surface area contributed by atoms with Gasteiger partial charge in [-0.3, -0.25) is 4.57 Å². The summed E-state index contributed by atoms with van der Waals surface area (Å²) in [5, 5.41) is 2.30. The number of hydrogen-bond donors (Lipinski definition) is 0. The Morgan fingerprint density at radius 1 is 0.529 bits per heavy atom. The van der Waals surface area contributed by atoms with E-state index in [1.165, 1.54) is 33.4 Å². The van der Waals surface area contributed by atoms with Crippen LogP contribution in [0.15, 0.2) is 152 Å². The predicted octanol–water partition coefficient (Wildman–Crippen LogP) is 15.0. The molecule has 9 rings (SSSR count). The fourth-order valence-corrected chi connectivity index (χ4v) is 9.35. The van der Waals surface area contributed by atoms with Gasteiger partial charge >= 0.3 is 0 Å². The van der Waals surface area contributed by atoms with E-state index in [1.54, 1.807) is 0 Å². The number of para-hydroxylation sites is 1. The zero-order valence-corrected chi connectivity index (χ0v) is 44.2. The average Bonchev–Trinajstić information content (AvgIpc) is 3.90. The van der Waals surface area contributed by atoms with Crippen molar-refractivity contribution in [3.05, 3.63) is 209 Å². The second-order valence-corrected chi connectivity index (χ2v) is 22.3. The summed E-state index contributed by atoms with van der Waals surface area (Å²) >= 11 is 0. The van der Waals surface area contributed by atoms with Crippen molar-refractivity contribution in [3.63, 3.8) is 0 Å². The molecule has 3 heterocycles. The van der Waals surface area contributed by atoms with E-state index >= 15 is 0 Å². The van der Waals surface area contributed by atoms with Crippen LogP contribution in [-0.4, -0.2) is 14.1 Å². The Bertz CT molecular complexity index is 3260. The standard InChI is InChI=1S/C62H64N4O.Pt/c1-58(2,3)45-33-46(62(12,13)43-25-18-15-19-26-43)35-48(34-45)65-41-64(40-55(65)60(7,8)9)47-27-22-28-49(37-47)67-50-38-52(59(4,5)6)57-51-29-20-21-30-53(51)66(54(57)39-50)56-36-44(31-32-63-56)61(10,11)42-23-16-14-17-24-42;/h14-36,38,40H,1-13H3;/q-2;. The number of ether oxygens (including phenoxy) is 1. The predicted molar refractivity (Wildman–Crippen MR) is 276 cm³/mol. The molecule has 0 fully saturated rings. The van der Waals surface area contributed by atoms with Crippen molar-refractivity contribution in [1.29, 1.82) is 0 Å². The van der Waals surface area contributed by atoms with Gasteiger partial charge in [0.1, 0.15) is 5.82 Å². The van der Waals surface area contributed by atoms with Crippen LogP contribution in [-0.2, 0) is 48.1 Å². The third-order valence-corrected chi connectivity index (χ3v) is 13.6. The molecular formula is C62H64N4OPt-2. The topological polar surface area (TPSA) is 35.9 Å². The first-order chi connectivity index (χ1) is 31.6. The summed E-state index contributed by atoms with van der Waals surface area (Å²) in [4.78, 5) is 5.02. The van der Waals surface area contributed by atoms with Crippen molar-refractivity contribution in [2.24, 2.45) is 0 Å². The van der Waals surface area contributed by atoms with E-state index < -0.39 is 0 Å². The zero-order chi connectivity index (χ0) is 47.7. The summed E-state index contributed by atoms with van der Waals surface area (Å²) < 4.78 is 13.4. The summed E-state index contributed by atoms with van der Waals surface area (Å²) in [7, 11) is 0. The minimum absolute atomic E-state index is 0. The molecule has 0 atom stereocenters. The molecule has 0 aliphatic carbocycles. The number of fused-ring (bicyclic) bond motifs is 3. The van der Waals surface area contributed by atoms with E-state index in [1.807, 2.05) is 18.3 Å². The average molecular weight is 1080 g/mol. The molecule has 0 radical (unpaired) electrons.